The highest BCUT2D eigenvalue weighted by atomic mass is 16.6. The van der Waals surface area contributed by atoms with Crippen molar-refractivity contribution >= 4 is 17.7 Å². The van der Waals surface area contributed by atoms with Gasteiger partial charge in [0.25, 0.3) is 0 Å². The second-order valence-electron chi connectivity index (χ2n) is 6.86. The number of carbonyl (C=O) groups is 2. The summed E-state index contributed by atoms with van der Waals surface area (Å²) < 4.78 is 16.0. The van der Waals surface area contributed by atoms with Gasteiger partial charge in [-0.15, -0.1) is 0 Å². The predicted octanol–water partition coefficient (Wildman–Crippen LogP) is 4.44. The van der Waals surface area contributed by atoms with Crippen LogP contribution in [0.15, 0.2) is 48.5 Å². The highest BCUT2D eigenvalue weighted by molar-refractivity contribution is 5.89. The lowest BCUT2D eigenvalue weighted by Gasteiger charge is -2.26. The van der Waals surface area contributed by atoms with Gasteiger partial charge >= 0.3 is 12.0 Å². The average Bonchev–Trinajstić information content (AvgIpc) is 2.75. The van der Waals surface area contributed by atoms with Crippen LogP contribution in [0.3, 0.4) is 0 Å². The Bertz CT molecular complexity index is 831. The first kappa shape index (κ1) is 20.5. The minimum Gasteiger partial charge on any atom is -0.479 e. The van der Waals surface area contributed by atoms with Crippen molar-refractivity contribution < 1.29 is 23.8 Å². The molecule has 0 radical (unpaired) electrons. The van der Waals surface area contributed by atoms with Gasteiger partial charge in [-0.25, -0.2) is 9.59 Å². The Morgan fingerprint density at radius 3 is 2.34 bits per heavy atom. The monoisotopic (exact) mass is 398 g/mol. The van der Waals surface area contributed by atoms with E-state index >= 15 is 0 Å². The first-order valence-corrected chi connectivity index (χ1v) is 9.73. The molecular formula is C22H26N2O5. The molecule has 29 heavy (non-hydrogen) atoms. The van der Waals surface area contributed by atoms with Crippen LogP contribution in [-0.2, 0) is 9.53 Å². The van der Waals surface area contributed by atoms with E-state index < -0.39 is 12.1 Å². The van der Waals surface area contributed by atoms with E-state index in [1.165, 1.54) is 13.5 Å². The average molecular weight is 398 g/mol. The number of rotatable bonds is 6. The van der Waals surface area contributed by atoms with Crippen molar-refractivity contribution in [3.8, 4) is 17.2 Å². The molecule has 1 saturated heterocycles. The highest BCUT2D eigenvalue weighted by Gasteiger charge is 2.17. The molecule has 0 spiro atoms. The molecule has 1 N–H and O–H groups in total. The van der Waals surface area contributed by atoms with Crippen molar-refractivity contribution in [3.63, 3.8) is 0 Å². The summed E-state index contributed by atoms with van der Waals surface area (Å²) in [6.45, 7) is 3.22. The Balaban J connectivity index is 1.58. The standard InChI is InChI=1S/C22H26N2O5/c1-16(21(25)27-2)28-18-9-11-19(12-10-18)29-20-8-6-7-17(15-20)23-22(26)24-13-4-3-5-14-24/h6-12,15-16H,3-5,13-14H2,1-2H3,(H,23,26). The molecule has 0 saturated carbocycles. The number of hydrogen-bond donors (Lipinski definition) is 1. The molecule has 1 unspecified atom stereocenters. The summed E-state index contributed by atoms with van der Waals surface area (Å²) in [6.07, 6.45) is 2.59. The van der Waals surface area contributed by atoms with Gasteiger partial charge in [0, 0.05) is 24.8 Å². The van der Waals surface area contributed by atoms with Crippen molar-refractivity contribution in [1.82, 2.24) is 4.90 Å². The molecule has 1 atom stereocenters. The molecule has 1 aliphatic rings. The summed E-state index contributed by atoms with van der Waals surface area (Å²) in [5.41, 5.74) is 0.685. The summed E-state index contributed by atoms with van der Waals surface area (Å²) in [7, 11) is 1.32. The number of likely N-dealkylation sites (tertiary alicyclic amines) is 1. The van der Waals surface area contributed by atoms with Crippen LogP contribution in [0.5, 0.6) is 17.2 Å². The van der Waals surface area contributed by atoms with Gasteiger partial charge in [-0.2, -0.15) is 0 Å². The minimum absolute atomic E-state index is 0.0805. The zero-order valence-electron chi connectivity index (χ0n) is 16.7. The van der Waals surface area contributed by atoms with Crippen LogP contribution < -0.4 is 14.8 Å². The Morgan fingerprint density at radius 1 is 0.966 bits per heavy atom. The zero-order chi connectivity index (χ0) is 20.6. The summed E-state index contributed by atoms with van der Waals surface area (Å²) in [6, 6.07) is 14.1. The number of hydrogen-bond acceptors (Lipinski definition) is 5. The quantitative estimate of drug-likeness (QED) is 0.728. The Morgan fingerprint density at radius 2 is 1.66 bits per heavy atom. The molecule has 1 heterocycles. The maximum absolute atomic E-state index is 12.4. The van der Waals surface area contributed by atoms with Crippen molar-refractivity contribution in [2.75, 3.05) is 25.5 Å². The second kappa shape index (κ2) is 9.82. The molecule has 154 valence electrons. The fourth-order valence-corrected chi connectivity index (χ4v) is 3.08. The van der Waals surface area contributed by atoms with Crippen molar-refractivity contribution in [2.24, 2.45) is 0 Å². The van der Waals surface area contributed by atoms with Crippen LogP contribution in [0, 0.1) is 0 Å². The van der Waals surface area contributed by atoms with Gasteiger partial charge in [-0.3, -0.25) is 0 Å². The lowest BCUT2D eigenvalue weighted by Crippen LogP contribution is -2.38. The number of esters is 1. The zero-order valence-corrected chi connectivity index (χ0v) is 16.7. The fourth-order valence-electron chi connectivity index (χ4n) is 3.08. The molecule has 0 aliphatic carbocycles. The normalized spacial score (nSPS) is 14.6. The Hall–Kier alpha value is -3.22. The first-order chi connectivity index (χ1) is 14.0. The number of nitrogens with one attached hydrogen (secondary N) is 1. The second-order valence-corrected chi connectivity index (χ2v) is 6.86. The van der Waals surface area contributed by atoms with E-state index in [0.717, 1.165) is 25.9 Å². The number of carbonyl (C=O) groups excluding carboxylic acids is 2. The molecule has 0 aromatic heterocycles. The Kier molecular flexibility index (Phi) is 6.94. The van der Waals surface area contributed by atoms with Crippen molar-refractivity contribution in [2.45, 2.75) is 32.3 Å². The maximum atomic E-state index is 12.4. The third-order valence-electron chi connectivity index (χ3n) is 4.63. The summed E-state index contributed by atoms with van der Waals surface area (Å²) >= 11 is 0. The molecule has 3 rings (SSSR count). The summed E-state index contributed by atoms with van der Waals surface area (Å²) in [4.78, 5) is 25.6. The topological polar surface area (TPSA) is 77.1 Å². The smallest absolute Gasteiger partial charge is 0.346 e. The molecule has 0 bridgehead atoms. The number of amides is 2. The maximum Gasteiger partial charge on any atom is 0.346 e. The molecule has 2 amide bonds. The number of urea groups is 1. The van der Waals surface area contributed by atoms with Gasteiger partial charge in [0.2, 0.25) is 0 Å². The number of piperidine rings is 1. The molecular weight excluding hydrogens is 372 g/mol. The number of nitrogens with zero attached hydrogens (tertiary/aromatic N) is 1. The highest BCUT2D eigenvalue weighted by Crippen LogP contribution is 2.26. The van der Waals surface area contributed by atoms with Gasteiger partial charge in [-0.05, 0) is 62.6 Å². The van der Waals surface area contributed by atoms with Gasteiger partial charge in [0.05, 0.1) is 7.11 Å². The largest absolute Gasteiger partial charge is 0.479 e. The minimum atomic E-state index is -0.688. The van der Waals surface area contributed by atoms with Gasteiger partial charge in [0.1, 0.15) is 17.2 Å². The number of ether oxygens (including phenoxy) is 3. The van der Waals surface area contributed by atoms with Gasteiger partial charge in [-0.1, -0.05) is 6.07 Å². The van der Waals surface area contributed by atoms with Crippen LogP contribution in [0.4, 0.5) is 10.5 Å². The molecule has 7 nitrogen and oxygen atoms in total. The SMILES string of the molecule is COC(=O)C(C)Oc1ccc(Oc2cccc(NC(=O)N3CCCCC3)c2)cc1. The lowest BCUT2D eigenvalue weighted by molar-refractivity contribution is -0.147. The first-order valence-electron chi connectivity index (χ1n) is 9.73. The van der Waals surface area contributed by atoms with E-state index in [-0.39, 0.29) is 6.03 Å². The fraction of sp³-hybridized carbons (Fsp3) is 0.364. The van der Waals surface area contributed by atoms with Crippen LogP contribution in [-0.4, -0.2) is 43.2 Å². The molecule has 7 heteroatoms. The molecule has 1 fully saturated rings. The third kappa shape index (κ3) is 5.88. The molecule has 2 aromatic rings. The molecule has 2 aromatic carbocycles. The van der Waals surface area contributed by atoms with Gasteiger partial charge in [0.15, 0.2) is 6.10 Å². The van der Waals surface area contributed by atoms with E-state index in [1.807, 2.05) is 23.1 Å². The summed E-state index contributed by atoms with van der Waals surface area (Å²) in [5, 5.41) is 2.93. The van der Waals surface area contributed by atoms with E-state index in [0.29, 0.717) is 22.9 Å². The Labute approximate surface area is 170 Å². The van der Waals surface area contributed by atoms with E-state index in [1.54, 1.807) is 37.3 Å². The number of benzene rings is 2. The number of anilines is 1. The summed E-state index contributed by atoms with van der Waals surface area (Å²) in [5.74, 6) is 1.33. The molecule has 1 aliphatic heterocycles. The van der Waals surface area contributed by atoms with Gasteiger partial charge < -0.3 is 24.4 Å². The number of methoxy groups -OCH3 is 1. The predicted molar refractivity (Wildman–Crippen MR) is 110 cm³/mol. The lowest BCUT2D eigenvalue weighted by atomic mass is 10.1. The van der Waals surface area contributed by atoms with E-state index in [4.69, 9.17) is 9.47 Å². The van der Waals surface area contributed by atoms with Crippen molar-refractivity contribution in [1.29, 1.82) is 0 Å². The third-order valence-corrected chi connectivity index (χ3v) is 4.63. The van der Waals surface area contributed by atoms with E-state index in [2.05, 4.69) is 10.1 Å². The van der Waals surface area contributed by atoms with Crippen LogP contribution >= 0.6 is 0 Å². The van der Waals surface area contributed by atoms with Crippen molar-refractivity contribution in [3.05, 3.63) is 48.5 Å². The van der Waals surface area contributed by atoms with E-state index in [9.17, 15) is 9.59 Å². The van der Waals surface area contributed by atoms with Crippen LogP contribution in [0.25, 0.3) is 0 Å². The van der Waals surface area contributed by atoms with Crippen LogP contribution in [0.2, 0.25) is 0 Å². The van der Waals surface area contributed by atoms with Crippen LogP contribution in [0.1, 0.15) is 26.2 Å².